The molecule has 25 heavy (non-hydrogen) atoms. The van der Waals surface area contributed by atoms with E-state index in [-0.39, 0.29) is 5.91 Å². The van der Waals surface area contributed by atoms with Gasteiger partial charge in [0.25, 0.3) is 5.91 Å². The zero-order valence-electron chi connectivity index (χ0n) is 14.5. The molecule has 130 valence electrons. The second-order valence-electron chi connectivity index (χ2n) is 6.94. The Bertz CT molecular complexity index is 787. The molecule has 2 N–H and O–H groups in total. The van der Waals surface area contributed by atoms with Crippen molar-refractivity contribution in [3.8, 4) is 0 Å². The number of amides is 1. The molecule has 2 aromatic rings. The minimum atomic E-state index is -0.506. The predicted octanol–water partition coefficient (Wildman–Crippen LogP) is 2.82. The van der Waals surface area contributed by atoms with Gasteiger partial charge in [0.1, 0.15) is 0 Å². The molecule has 2 unspecified atom stereocenters. The number of carbonyl (C=O) groups excluding carboxylic acids is 1. The molecule has 2 heterocycles. The van der Waals surface area contributed by atoms with Crippen LogP contribution in [0.4, 0.5) is 0 Å². The van der Waals surface area contributed by atoms with Crippen molar-refractivity contribution in [1.29, 1.82) is 0 Å². The molecule has 2 atom stereocenters. The first-order chi connectivity index (χ1) is 12.2. The average Bonchev–Trinajstić information content (AvgIpc) is 2.66. The second kappa shape index (κ2) is 6.98. The average molecular weight is 336 g/mol. The van der Waals surface area contributed by atoms with Gasteiger partial charge >= 0.3 is 0 Å². The molecule has 4 nitrogen and oxygen atoms in total. The van der Waals surface area contributed by atoms with Crippen LogP contribution in [0.3, 0.4) is 0 Å². The van der Waals surface area contributed by atoms with Crippen LogP contribution in [-0.2, 0) is 29.0 Å². The van der Waals surface area contributed by atoms with Crippen molar-refractivity contribution in [2.75, 3.05) is 13.2 Å². The van der Waals surface area contributed by atoms with E-state index in [0.29, 0.717) is 19.1 Å². The minimum Gasteiger partial charge on any atom is -0.363 e. The van der Waals surface area contributed by atoms with Crippen LogP contribution >= 0.6 is 0 Å². The fourth-order valence-electron chi connectivity index (χ4n) is 3.89. The molecule has 1 amide bonds. The molecular weight excluding hydrogens is 312 g/mol. The quantitative estimate of drug-likeness (QED) is 0.906. The topological polar surface area (TPSA) is 50.4 Å². The smallest absolute Gasteiger partial charge is 0.254 e. The normalized spacial score (nSPS) is 22.0. The third kappa shape index (κ3) is 3.20. The van der Waals surface area contributed by atoms with Crippen molar-refractivity contribution >= 4 is 5.91 Å². The first-order valence-corrected chi connectivity index (χ1v) is 9.02. The Kier molecular flexibility index (Phi) is 4.55. The first kappa shape index (κ1) is 16.3. The maximum atomic E-state index is 12.8. The lowest BCUT2D eigenvalue weighted by Crippen LogP contribution is -2.34. The summed E-state index contributed by atoms with van der Waals surface area (Å²) in [5.74, 6) is 0.278. The fourth-order valence-corrected chi connectivity index (χ4v) is 3.89. The van der Waals surface area contributed by atoms with Gasteiger partial charge in [-0.05, 0) is 40.8 Å². The number of hydrogen-bond donors (Lipinski definition) is 2. The summed E-state index contributed by atoms with van der Waals surface area (Å²) >= 11 is 0. The lowest BCUT2D eigenvalue weighted by molar-refractivity contribution is -0.134. The summed E-state index contributed by atoms with van der Waals surface area (Å²) in [6.07, 6.45) is 0.510. The maximum Gasteiger partial charge on any atom is 0.254 e. The molecule has 0 aromatic heterocycles. The number of nitrogens with one attached hydrogen (secondary N) is 2. The number of ether oxygens (including phenoxy) is 1. The third-order valence-electron chi connectivity index (χ3n) is 5.25. The van der Waals surface area contributed by atoms with E-state index in [1.54, 1.807) is 0 Å². The molecule has 4 heteroatoms. The van der Waals surface area contributed by atoms with E-state index in [1.807, 2.05) is 18.2 Å². The molecule has 0 spiro atoms. The Labute approximate surface area is 148 Å². The lowest BCUT2D eigenvalue weighted by atomic mass is 9.90. The summed E-state index contributed by atoms with van der Waals surface area (Å²) < 4.78 is 5.86. The Morgan fingerprint density at radius 2 is 2.04 bits per heavy atom. The zero-order valence-corrected chi connectivity index (χ0v) is 14.5. The monoisotopic (exact) mass is 336 g/mol. The highest BCUT2D eigenvalue weighted by Gasteiger charge is 2.30. The van der Waals surface area contributed by atoms with Gasteiger partial charge in [-0.3, -0.25) is 4.79 Å². The third-order valence-corrected chi connectivity index (χ3v) is 5.25. The van der Waals surface area contributed by atoms with Crippen molar-refractivity contribution in [3.63, 3.8) is 0 Å². The summed E-state index contributed by atoms with van der Waals surface area (Å²) in [5, 5.41) is 6.48. The number of fused-ring (bicyclic) bond motifs is 2. The van der Waals surface area contributed by atoms with Crippen LogP contribution in [0.2, 0.25) is 0 Å². The van der Waals surface area contributed by atoms with Gasteiger partial charge < -0.3 is 15.4 Å². The molecule has 0 fully saturated rings. The van der Waals surface area contributed by atoms with Gasteiger partial charge in [0.05, 0.1) is 6.61 Å². The highest BCUT2D eigenvalue weighted by Crippen LogP contribution is 2.33. The molecule has 2 aliphatic heterocycles. The number of carbonyl (C=O) groups is 1. The second-order valence-corrected chi connectivity index (χ2v) is 6.94. The van der Waals surface area contributed by atoms with Crippen LogP contribution in [0.1, 0.15) is 46.8 Å². The zero-order chi connectivity index (χ0) is 17.2. The number of hydrogen-bond acceptors (Lipinski definition) is 3. The van der Waals surface area contributed by atoms with Gasteiger partial charge in [-0.15, -0.1) is 0 Å². The summed E-state index contributed by atoms with van der Waals surface area (Å²) in [7, 11) is 0. The van der Waals surface area contributed by atoms with E-state index < -0.39 is 6.10 Å². The van der Waals surface area contributed by atoms with Gasteiger partial charge in [0.15, 0.2) is 6.10 Å². The molecule has 0 bridgehead atoms. The van der Waals surface area contributed by atoms with E-state index in [9.17, 15) is 4.79 Å². The van der Waals surface area contributed by atoms with E-state index in [1.165, 1.54) is 22.3 Å². The van der Waals surface area contributed by atoms with Crippen molar-refractivity contribution in [2.24, 2.45) is 0 Å². The van der Waals surface area contributed by atoms with Crippen LogP contribution in [0.25, 0.3) is 0 Å². The molecular formula is C21H24N2O2. The van der Waals surface area contributed by atoms with Gasteiger partial charge in [-0.2, -0.15) is 0 Å². The highest BCUT2D eigenvalue weighted by molar-refractivity contribution is 5.83. The first-order valence-electron chi connectivity index (χ1n) is 9.02. The fraction of sp³-hybridized carbons (Fsp3) is 0.381. The molecule has 0 radical (unpaired) electrons. The van der Waals surface area contributed by atoms with Crippen LogP contribution in [-0.4, -0.2) is 19.1 Å². The molecule has 2 aromatic carbocycles. The summed E-state index contributed by atoms with van der Waals surface area (Å²) in [4.78, 5) is 12.8. The Morgan fingerprint density at radius 1 is 1.20 bits per heavy atom. The van der Waals surface area contributed by atoms with Crippen molar-refractivity contribution in [1.82, 2.24) is 10.6 Å². The molecule has 0 saturated carbocycles. The van der Waals surface area contributed by atoms with Gasteiger partial charge in [-0.1, -0.05) is 49.4 Å². The van der Waals surface area contributed by atoms with Crippen LogP contribution in [0, 0.1) is 0 Å². The Morgan fingerprint density at radius 3 is 2.92 bits per heavy atom. The maximum absolute atomic E-state index is 12.8. The lowest BCUT2D eigenvalue weighted by Gasteiger charge is -2.29. The highest BCUT2D eigenvalue weighted by atomic mass is 16.5. The van der Waals surface area contributed by atoms with Crippen LogP contribution < -0.4 is 10.6 Å². The van der Waals surface area contributed by atoms with Gasteiger partial charge in [-0.25, -0.2) is 0 Å². The van der Waals surface area contributed by atoms with Gasteiger partial charge in [0, 0.05) is 19.0 Å². The van der Waals surface area contributed by atoms with Crippen molar-refractivity contribution in [3.05, 3.63) is 70.3 Å². The molecule has 0 aliphatic carbocycles. The summed E-state index contributed by atoms with van der Waals surface area (Å²) in [6, 6.07) is 14.5. The Hall–Kier alpha value is -2.17. The number of benzene rings is 2. The largest absolute Gasteiger partial charge is 0.363 e. The van der Waals surface area contributed by atoms with E-state index in [4.69, 9.17) is 4.74 Å². The summed E-state index contributed by atoms with van der Waals surface area (Å²) in [6.45, 7) is 5.18. The number of rotatable bonds is 3. The van der Waals surface area contributed by atoms with Crippen molar-refractivity contribution in [2.45, 2.75) is 38.5 Å². The van der Waals surface area contributed by atoms with E-state index in [0.717, 1.165) is 25.1 Å². The molecule has 4 rings (SSSR count). The van der Waals surface area contributed by atoms with Crippen LogP contribution in [0.15, 0.2) is 42.5 Å². The predicted molar refractivity (Wildman–Crippen MR) is 97.2 cm³/mol. The van der Waals surface area contributed by atoms with Gasteiger partial charge in [0.2, 0.25) is 0 Å². The Balaban J connectivity index is 1.50. The van der Waals surface area contributed by atoms with Crippen molar-refractivity contribution < 1.29 is 9.53 Å². The summed E-state index contributed by atoms with van der Waals surface area (Å²) in [5.41, 5.74) is 6.14. The van der Waals surface area contributed by atoms with E-state index >= 15 is 0 Å². The standard InChI is InChI=1S/C21H24N2O2/c1-14-13-25-20(19-8-3-2-7-17(14)19)21(24)23-12-16-6-4-5-15-11-22-10-9-18(15)16/h2-8,14,20,22H,9-13H2,1H3,(H,23,24). The SMILES string of the molecule is CC1COC(C(=O)NCc2cccc3c2CCNC3)c2ccccc21. The molecule has 0 saturated heterocycles. The van der Waals surface area contributed by atoms with Crippen LogP contribution in [0.5, 0.6) is 0 Å². The minimum absolute atomic E-state index is 0.0501. The molecule has 2 aliphatic rings. The van der Waals surface area contributed by atoms with E-state index in [2.05, 4.69) is 41.8 Å².